The average molecular weight is 368 g/mol. The van der Waals surface area contributed by atoms with Gasteiger partial charge in [0.25, 0.3) is 0 Å². The molecule has 0 radical (unpaired) electrons. The highest BCUT2D eigenvalue weighted by Crippen LogP contribution is 2.15. The summed E-state index contributed by atoms with van der Waals surface area (Å²) in [5.74, 6) is 1.95. The van der Waals surface area contributed by atoms with Crippen molar-refractivity contribution in [2.24, 2.45) is 0 Å². The fourth-order valence-corrected chi connectivity index (χ4v) is 2.36. The highest BCUT2D eigenvalue weighted by molar-refractivity contribution is 5.86. The minimum Gasteiger partial charge on any atom is -0.497 e. The van der Waals surface area contributed by atoms with Crippen LogP contribution in [0.5, 0.6) is 11.5 Å². The summed E-state index contributed by atoms with van der Waals surface area (Å²) in [6.07, 6.45) is 0.464. The SMILES string of the molecule is COc1ccc(CNC(=O)Nc2nnc(Cc3ccc(OC)cc3)o2)cc1. The van der Waals surface area contributed by atoms with Crippen molar-refractivity contribution in [3.63, 3.8) is 0 Å². The zero-order chi connectivity index (χ0) is 19.1. The molecule has 2 N–H and O–H groups in total. The first-order valence-corrected chi connectivity index (χ1v) is 8.29. The predicted octanol–water partition coefficient (Wildman–Crippen LogP) is 3.00. The maximum Gasteiger partial charge on any atom is 0.323 e. The van der Waals surface area contributed by atoms with Crippen LogP contribution in [-0.4, -0.2) is 30.4 Å². The number of carbonyl (C=O) groups is 1. The van der Waals surface area contributed by atoms with Gasteiger partial charge < -0.3 is 19.2 Å². The molecule has 1 aromatic heterocycles. The fraction of sp³-hybridized carbons (Fsp3) is 0.211. The van der Waals surface area contributed by atoms with E-state index in [1.165, 1.54) is 0 Å². The third kappa shape index (κ3) is 5.21. The van der Waals surface area contributed by atoms with Crippen LogP contribution in [0.1, 0.15) is 17.0 Å². The lowest BCUT2D eigenvalue weighted by Crippen LogP contribution is -2.28. The van der Waals surface area contributed by atoms with Gasteiger partial charge in [-0.2, -0.15) is 0 Å². The van der Waals surface area contributed by atoms with Crippen LogP contribution in [0.25, 0.3) is 0 Å². The molecule has 0 atom stereocenters. The molecule has 2 aromatic carbocycles. The van der Waals surface area contributed by atoms with E-state index in [1.807, 2.05) is 48.5 Å². The standard InChI is InChI=1S/C19H20N4O4/c1-25-15-7-3-13(4-8-15)11-17-22-23-19(27-17)21-18(24)20-12-14-5-9-16(26-2)10-6-14/h3-10H,11-12H2,1-2H3,(H2,20,21,23,24). The van der Waals surface area contributed by atoms with Gasteiger partial charge in [-0.15, -0.1) is 5.10 Å². The summed E-state index contributed by atoms with van der Waals surface area (Å²) in [6.45, 7) is 0.364. The van der Waals surface area contributed by atoms with Crippen molar-refractivity contribution in [1.82, 2.24) is 15.5 Å². The summed E-state index contributed by atoms with van der Waals surface area (Å²) in [5, 5.41) is 13.0. The molecule has 0 spiro atoms. The lowest BCUT2D eigenvalue weighted by atomic mass is 10.1. The Kier molecular flexibility index (Phi) is 5.88. The summed E-state index contributed by atoms with van der Waals surface area (Å²) < 4.78 is 15.7. The number of methoxy groups -OCH3 is 2. The van der Waals surface area contributed by atoms with E-state index in [4.69, 9.17) is 13.9 Å². The van der Waals surface area contributed by atoms with Gasteiger partial charge >= 0.3 is 12.0 Å². The fourth-order valence-electron chi connectivity index (χ4n) is 2.36. The Balaban J connectivity index is 1.49. The van der Waals surface area contributed by atoms with Crippen molar-refractivity contribution in [3.8, 4) is 11.5 Å². The summed E-state index contributed by atoms with van der Waals surface area (Å²) in [7, 11) is 3.22. The number of hydrogen-bond acceptors (Lipinski definition) is 6. The van der Waals surface area contributed by atoms with Crippen LogP contribution in [0.2, 0.25) is 0 Å². The second-order valence-electron chi connectivity index (χ2n) is 5.68. The Labute approximate surface area is 156 Å². The van der Waals surface area contributed by atoms with E-state index in [-0.39, 0.29) is 6.01 Å². The second kappa shape index (κ2) is 8.70. The third-order valence-corrected chi connectivity index (χ3v) is 3.81. The molecule has 0 saturated carbocycles. The predicted molar refractivity (Wildman–Crippen MR) is 99.0 cm³/mol. The van der Waals surface area contributed by atoms with E-state index in [0.717, 1.165) is 22.6 Å². The molecule has 3 rings (SSSR count). The first-order chi connectivity index (χ1) is 13.2. The Morgan fingerprint density at radius 3 is 2.11 bits per heavy atom. The van der Waals surface area contributed by atoms with E-state index in [2.05, 4.69) is 20.8 Å². The molecule has 0 aliphatic carbocycles. The van der Waals surface area contributed by atoms with Crippen LogP contribution >= 0.6 is 0 Å². The van der Waals surface area contributed by atoms with E-state index < -0.39 is 6.03 Å². The van der Waals surface area contributed by atoms with E-state index >= 15 is 0 Å². The summed E-state index contributed by atoms with van der Waals surface area (Å²) in [4.78, 5) is 12.0. The molecular weight excluding hydrogens is 348 g/mol. The molecule has 1 heterocycles. The molecule has 3 aromatic rings. The topological polar surface area (TPSA) is 98.5 Å². The molecule has 8 nitrogen and oxygen atoms in total. The summed E-state index contributed by atoms with van der Waals surface area (Å²) >= 11 is 0. The van der Waals surface area contributed by atoms with Crippen molar-refractivity contribution in [2.75, 3.05) is 19.5 Å². The number of carbonyl (C=O) groups excluding carboxylic acids is 1. The zero-order valence-corrected chi connectivity index (χ0v) is 15.1. The van der Waals surface area contributed by atoms with E-state index in [0.29, 0.717) is 18.9 Å². The molecule has 2 amide bonds. The molecule has 8 heteroatoms. The van der Waals surface area contributed by atoms with Crippen LogP contribution in [0.15, 0.2) is 52.9 Å². The van der Waals surface area contributed by atoms with Crippen molar-refractivity contribution in [1.29, 1.82) is 0 Å². The normalized spacial score (nSPS) is 10.3. The number of amides is 2. The van der Waals surface area contributed by atoms with Gasteiger partial charge in [0.15, 0.2) is 0 Å². The number of hydrogen-bond donors (Lipinski definition) is 2. The van der Waals surface area contributed by atoms with Crippen LogP contribution in [-0.2, 0) is 13.0 Å². The minimum atomic E-state index is -0.425. The average Bonchev–Trinajstić information content (AvgIpc) is 3.14. The number of nitrogens with zero attached hydrogens (tertiary/aromatic N) is 2. The van der Waals surface area contributed by atoms with Gasteiger partial charge in [0.05, 0.1) is 20.6 Å². The Hall–Kier alpha value is -3.55. The third-order valence-electron chi connectivity index (χ3n) is 3.81. The number of ether oxygens (including phenoxy) is 2. The largest absolute Gasteiger partial charge is 0.497 e. The van der Waals surface area contributed by atoms with Crippen LogP contribution < -0.4 is 20.1 Å². The number of nitrogens with one attached hydrogen (secondary N) is 2. The van der Waals surface area contributed by atoms with Gasteiger partial charge in [-0.05, 0) is 35.4 Å². The Bertz CT molecular complexity index is 875. The monoisotopic (exact) mass is 368 g/mol. The Morgan fingerprint density at radius 2 is 1.52 bits per heavy atom. The van der Waals surface area contributed by atoms with Gasteiger partial charge in [-0.1, -0.05) is 29.4 Å². The number of anilines is 1. The Morgan fingerprint density at radius 1 is 0.926 bits per heavy atom. The van der Waals surface area contributed by atoms with Gasteiger partial charge in [-0.3, -0.25) is 5.32 Å². The number of aromatic nitrogens is 2. The molecule has 140 valence electrons. The first kappa shape index (κ1) is 18.2. The molecule has 0 aliphatic heterocycles. The number of rotatable bonds is 7. The molecular formula is C19H20N4O4. The van der Waals surface area contributed by atoms with Crippen molar-refractivity contribution in [3.05, 3.63) is 65.5 Å². The van der Waals surface area contributed by atoms with Gasteiger partial charge in [0.2, 0.25) is 5.89 Å². The summed E-state index contributed by atoms with van der Waals surface area (Å²) in [6, 6.07) is 14.6. The molecule has 0 fully saturated rings. The smallest absolute Gasteiger partial charge is 0.323 e. The van der Waals surface area contributed by atoms with Crippen molar-refractivity contribution >= 4 is 12.0 Å². The van der Waals surface area contributed by atoms with Crippen molar-refractivity contribution < 1.29 is 18.7 Å². The zero-order valence-electron chi connectivity index (χ0n) is 15.1. The van der Waals surface area contributed by atoms with Crippen molar-refractivity contribution in [2.45, 2.75) is 13.0 Å². The quantitative estimate of drug-likeness (QED) is 0.665. The van der Waals surface area contributed by atoms with Crippen LogP contribution in [0.4, 0.5) is 10.8 Å². The second-order valence-corrected chi connectivity index (χ2v) is 5.68. The highest BCUT2D eigenvalue weighted by Gasteiger charge is 2.10. The van der Waals surface area contributed by atoms with E-state index in [1.54, 1.807) is 14.2 Å². The maximum atomic E-state index is 12.0. The maximum absolute atomic E-state index is 12.0. The van der Waals surface area contributed by atoms with Gasteiger partial charge in [0, 0.05) is 6.54 Å². The number of benzene rings is 2. The number of urea groups is 1. The van der Waals surface area contributed by atoms with Gasteiger partial charge in [-0.25, -0.2) is 4.79 Å². The minimum absolute atomic E-state index is 0.0470. The molecule has 0 unspecified atom stereocenters. The molecule has 0 saturated heterocycles. The first-order valence-electron chi connectivity index (χ1n) is 8.29. The van der Waals surface area contributed by atoms with Crippen LogP contribution in [0, 0.1) is 0 Å². The summed E-state index contributed by atoms with van der Waals surface area (Å²) in [5.41, 5.74) is 1.94. The molecule has 27 heavy (non-hydrogen) atoms. The lowest BCUT2D eigenvalue weighted by Gasteiger charge is -2.06. The van der Waals surface area contributed by atoms with Gasteiger partial charge in [0.1, 0.15) is 11.5 Å². The lowest BCUT2D eigenvalue weighted by molar-refractivity contribution is 0.251. The molecule has 0 aliphatic rings. The molecule has 0 bridgehead atoms. The van der Waals surface area contributed by atoms with E-state index in [9.17, 15) is 4.79 Å². The van der Waals surface area contributed by atoms with Crippen LogP contribution in [0.3, 0.4) is 0 Å². The highest BCUT2D eigenvalue weighted by atomic mass is 16.5.